The first-order chi connectivity index (χ1) is 9.77. The van der Waals surface area contributed by atoms with Gasteiger partial charge >= 0.3 is 6.18 Å². The van der Waals surface area contributed by atoms with E-state index in [1.807, 2.05) is 24.3 Å². The lowest BCUT2D eigenvalue weighted by Gasteiger charge is -2.17. The predicted octanol–water partition coefficient (Wildman–Crippen LogP) is 6.75. The summed E-state index contributed by atoms with van der Waals surface area (Å²) in [4.78, 5) is 0. The van der Waals surface area contributed by atoms with Gasteiger partial charge in [0.15, 0.2) is 0 Å². The fourth-order valence-electron chi connectivity index (χ4n) is 1.98. The highest BCUT2D eigenvalue weighted by Crippen LogP contribution is 2.39. The first kappa shape index (κ1) is 16.8. The van der Waals surface area contributed by atoms with E-state index < -0.39 is 17.1 Å². The van der Waals surface area contributed by atoms with Crippen molar-refractivity contribution in [3.05, 3.63) is 68.1 Å². The number of halogens is 6. The van der Waals surface area contributed by atoms with Crippen LogP contribution in [0.5, 0.6) is 0 Å². The van der Waals surface area contributed by atoms with Crippen LogP contribution in [0, 0.1) is 0 Å². The molecule has 2 aromatic rings. The quantitative estimate of drug-likeness (QED) is 0.461. The molecule has 1 unspecified atom stereocenters. The van der Waals surface area contributed by atoms with Gasteiger partial charge in [0.1, 0.15) is 0 Å². The molecule has 0 bridgehead atoms. The minimum absolute atomic E-state index is 0.0929. The minimum Gasteiger partial charge on any atom is -0.166 e. The van der Waals surface area contributed by atoms with E-state index in [0.29, 0.717) is 10.9 Å². The van der Waals surface area contributed by atoms with Crippen LogP contribution in [0.3, 0.4) is 0 Å². The summed E-state index contributed by atoms with van der Waals surface area (Å²) in [6.07, 6.45) is -4.09. The van der Waals surface area contributed by atoms with Crippen molar-refractivity contribution in [3.63, 3.8) is 0 Å². The third kappa shape index (κ3) is 4.47. The molecule has 0 fully saturated rings. The van der Waals surface area contributed by atoms with Crippen LogP contribution in [0.4, 0.5) is 13.2 Å². The molecule has 2 rings (SSSR count). The molecule has 0 aliphatic carbocycles. The van der Waals surface area contributed by atoms with Crippen LogP contribution in [0.2, 0.25) is 0 Å². The largest absolute Gasteiger partial charge is 0.416 e. The second kappa shape index (κ2) is 6.71. The molecule has 21 heavy (non-hydrogen) atoms. The van der Waals surface area contributed by atoms with Crippen molar-refractivity contribution in [2.75, 3.05) is 0 Å². The lowest BCUT2D eigenvalue weighted by Crippen LogP contribution is -2.11. The molecular formula is C15H10Br2ClF3. The van der Waals surface area contributed by atoms with Crippen LogP contribution in [0.25, 0.3) is 0 Å². The van der Waals surface area contributed by atoms with Gasteiger partial charge in [-0.1, -0.05) is 50.1 Å². The Labute approximate surface area is 142 Å². The van der Waals surface area contributed by atoms with E-state index >= 15 is 0 Å². The van der Waals surface area contributed by atoms with Crippen LogP contribution in [-0.2, 0) is 12.6 Å². The summed E-state index contributed by atoms with van der Waals surface area (Å²) in [5.74, 6) is 0. The Balaban J connectivity index is 2.30. The van der Waals surface area contributed by atoms with Gasteiger partial charge in [0.25, 0.3) is 0 Å². The molecule has 0 N–H and O–H groups in total. The molecule has 0 saturated carbocycles. The highest BCUT2D eigenvalue weighted by molar-refractivity contribution is 9.10. The maximum atomic E-state index is 13.1. The lowest BCUT2D eigenvalue weighted by atomic mass is 9.99. The maximum absolute atomic E-state index is 13.1. The van der Waals surface area contributed by atoms with E-state index in [1.54, 1.807) is 6.07 Å². The molecule has 2 aromatic carbocycles. The summed E-state index contributed by atoms with van der Waals surface area (Å²) in [5.41, 5.74) is 0.276. The van der Waals surface area contributed by atoms with E-state index in [4.69, 9.17) is 11.6 Å². The van der Waals surface area contributed by atoms with Crippen molar-refractivity contribution in [1.29, 1.82) is 0 Å². The summed E-state index contributed by atoms with van der Waals surface area (Å²) in [6, 6.07) is 11.4. The van der Waals surface area contributed by atoms with E-state index in [1.165, 1.54) is 6.07 Å². The molecule has 0 aliphatic rings. The van der Waals surface area contributed by atoms with Gasteiger partial charge in [0, 0.05) is 8.95 Å². The fourth-order valence-corrected chi connectivity index (χ4v) is 2.98. The van der Waals surface area contributed by atoms with Crippen molar-refractivity contribution in [3.8, 4) is 0 Å². The van der Waals surface area contributed by atoms with Gasteiger partial charge in [0.2, 0.25) is 0 Å². The summed E-state index contributed by atoms with van der Waals surface area (Å²) in [7, 11) is 0. The summed E-state index contributed by atoms with van der Waals surface area (Å²) in [5, 5.41) is -0.740. The fraction of sp³-hybridized carbons (Fsp3) is 0.200. The van der Waals surface area contributed by atoms with Crippen molar-refractivity contribution in [2.45, 2.75) is 18.0 Å². The van der Waals surface area contributed by atoms with E-state index in [2.05, 4.69) is 31.9 Å². The monoisotopic (exact) mass is 440 g/mol. The van der Waals surface area contributed by atoms with E-state index in [0.717, 1.165) is 16.1 Å². The highest BCUT2D eigenvalue weighted by atomic mass is 79.9. The van der Waals surface area contributed by atoms with Crippen molar-refractivity contribution in [2.24, 2.45) is 0 Å². The third-order valence-corrected chi connectivity index (χ3v) is 4.40. The Kier molecular flexibility index (Phi) is 5.38. The molecule has 112 valence electrons. The summed E-state index contributed by atoms with van der Waals surface area (Å²) in [6.45, 7) is 0. The zero-order chi connectivity index (χ0) is 15.6. The standard InChI is InChI=1S/C15H10Br2ClF3/c16-10-3-1-9(2-4-10)7-14(18)12-6-5-11(17)8-13(12)15(19,20)21/h1-6,8,14H,7H2. The summed E-state index contributed by atoms with van der Waals surface area (Å²) < 4.78 is 40.6. The SMILES string of the molecule is FC(F)(F)c1cc(Br)ccc1C(Cl)Cc1ccc(Br)cc1. The smallest absolute Gasteiger partial charge is 0.166 e. The molecule has 0 aliphatic heterocycles. The van der Waals surface area contributed by atoms with Crippen LogP contribution in [0.1, 0.15) is 22.1 Å². The van der Waals surface area contributed by atoms with Gasteiger partial charge in [0.05, 0.1) is 10.9 Å². The number of alkyl halides is 4. The Morgan fingerprint density at radius 2 is 1.52 bits per heavy atom. The molecule has 0 radical (unpaired) electrons. The normalized spacial score (nSPS) is 13.2. The van der Waals surface area contributed by atoms with Crippen LogP contribution in [-0.4, -0.2) is 0 Å². The number of benzene rings is 2. The lowest BCUT2D eigenvalue weighted by molar-refractivity contribution is -0.138. The van der Waals surface area contributed by atoms with Gasteiger partial charge in [-0.25, -0.2) is 0 Å². The molecule has 0 nitrogen and oxygen atoms in total. The molecule has 0 aromatic heterocycles. The Hall–Kier alpha value is -0.520. The van der Waals surface area contributed by atoms with Crippen molar-refractivity contribution in [1.82, 2.24) is 0 Å². The molecule has 0 saturated heterocycles. The Morgan fingerprint density at radius 3 is 2.10 bits per heavy atom. The van der Waals surface area contributed by atoms with E-state index in [-0.39, 0.29) is 5.56 Å². The van der Waals surface area contributed by atoms with Gasteiger partial charge in [-0.15, -0.1) is 11.6 Å². The van der Waals surface area contributed by atoms with Crippen LogP contribution >= 0.6 is 43.5 Å². The van der Waals surface area contributed by atoms with Crippen LogP contribution < -0.4 is 0 Å². The van der Waals surface area contributed by atoms with Crippen molar-refractivity contribution >= 4 is 43.5 Å². The molecule has 0 spiro atoms. The average molecular weight is 443 g/mol. The first-order valence-electron chi connectivity index (χ1n) is 6.02. The first-order valence-corrected chi connectivity index (χ1v) is 8.05. The zero-order valence-corrected chi connectivity index (χ0v) is 14.5. The molecular weight excluding hydrogens is 432 g/mol. The summed E-state index contributed by atoms with van der Waals surface area (Å²) >= 11 is 12.6. The Morgan fingerprint density at radius 1 is 0.952 bits per heavy atom. The Bertz CT molecular complexity index is 624. The van der Waals surface area contributed by atoms with E-state index in [9.17, 15) is 13.2 Å². The second-order valence-electron chi connectivity index (χ2n) is 4.53. The molecule has 6 heteroatoms. The molecule has 1 atom stereocenters. The third-order valence-electron chi connectivity index (χ3n) is 2.99. The number of hydrogen-bond donors (Lipinski definition) is 0. The second-order valence-corrected chi connectivity index (χ2v) is 6.89. The number of hydrogen-bond acceptors (Lipinski definition) is 0. The van der Waals surface area contributed by atoms with Gasteiger partial charge in [-0.2, -0.15) is 13.2 Å². The van der Waals surface area contributed by atoms with Crippen molar-refractivity contribution < 1.29 is 13.2 Å². The van der Waals surface area contributed by atoms with Gasteiger partial charge in [-0.3, -0.25) is 0 Å². The van der Waals surface area contributed by atoms with Gasteiger partial charge < -0.3 is 0 Å². The molecule has 0 heterocycles. The zero-order valence-electron chi connectivity index (χ0n) is 10.6. The number of rotatable bonds is 3. The van der Waals surface area contributed by atoms with Crippen LogP contribution in [0.15, 0.2) is 51.4 Å². The van der Waals surface area contributed by atoms with Gasteiger partial charge in [-0.05, 0) is 41.8 Å². The molecule has 0 amide bonds. The topological polar surface area (TPSA) is 0 Å². The predicted molar refractivity (Wildman–Crippen MR) is 85.6 cm³/mol. The maximum Gasteiger partial charge on any atom is 0.416 e. The highest BCUT2D eigenvalue weighted by Gasteiger charge is 2.35. The minimum atomic E-state index is -4.42. The average Bonchev–Trinajstić information content (AvgIpc) is 2.40.